The fourth-order valence-electron chi connectivity index (χ4n) is 2.19. The van der Waals surface area contributed by atoms with Gasteiger partial charge in [0, 0.05) is 26.7 Å². The predicted octanol–water partition coefficient (Wildman–Crippen LogP) is 1.10. The van der Waals surface area contributed by atoms with E-state index >= 15 is 0 Å². The SMILES string of the molecule is COC(OC)[C@H]1CNC[C@@H]1C(C)C. The van der Waals surface area contributed by atoms with Crippen LogP contribution in [0.25, 0.3) is 0 Å². The molecule has 0 unspecified atom stereocenters. The van der Waals surface area contributed by atoms with E-state index in [9.17, 15) is 0 Å². The largest absolute Gasteiger partial charge is 0.356 e. The van der Waals surface area contributed by atoms with Gasteiger partial charge >= 0.3 is 0 Å². The van der Waals surface area contributed by atoms with Crippen LogP contribution in [-0.2, 0) is 9.47 Å². The van der Waals surface area contributed by atoms with Crippen molar-refractivity contribution in [3.8, 4) is 0 Å². The first-order chi connectivity index (χ1) is 6.20. The highest BCUT2D eigenvalue weighted by Crippen LogP contribution is 2.28. The third kappa shape index (κ3) is 2.42. The molecule has 1 aliphatic rings. The van der Waals surface area contributed by atoms with Crippen molar-refractivity contribution in [2.75, 3.05) is 27.3 Å². The molecular formula is C10H21NO2. The molecule has 1 heterocycles. The molecule has 0 amide bonds. The normalized spacial score (nSPS) is 29.1. The summed E-state index contributed by atoms with van der Waals surface area (Å²) in [7, 11) is 3.42. The number of ether oxygens (including phenoxy) is 2. The van der Waals surface area contributed by atoms with Crippen molar-refractivity contribution in [3.63, 3.8) is 0 Å². The highest BCUT2D eigenvalue weighted by atomic mass is 16.7. The summed E-state index contributed by atoms with van der Waals surface area (Å²) in [6, 6.07) is 0. The van der Waals surface area contributed by atoms with Crippen LogP contribution >= 0.6 is 0 Å². The summed E-state index contributed by atoms with van der Waals surface area (Å²) in [6.45, 7) is 6.61. The lowest BCUT2D eigenvalue weighted by Crippen LogP contribution is -2.32. The van der Waals surface area contributed by atoms with E-state index in [1.807, 2.05) is 0 Å². The summed E-state index contributed by atoms with van der Waals surface area (Å²) in [6.07, 6.45) is -0.0533. The van der Waals surface area contributed by atoms with Gasteiger partial charge in [-0.25, -0.2) is 0 Å². The number of methoxy groups -OCH3 is 2. The van der Waals surface area contributed by atoms with Gasteiger partial charge in [-0.1, -0.05) is 13.8 Å². The molecule has 1 rings (SSSR count). The van der Waals surface area contributed by atoms with E-state index in [-0.39, 0.29) is 6.29 Å². The zero-order chi connectivity index (χ0) is 9.84. The monoisotopic (exact) mass is 187 g/mol. The van der Waals surface area contributed by atoms with Crippen molar-refractivity contribution in [2.45, 2.75) is 20.1 Å². The molecule has 2 atom stereocenters. The van der Waals surface area contributed by atoms with Crippen molar-refractivity contribution in [3.05, 3.63) is 0 Å². The van der Waals surface area contributed by atoms with Gasteiger partial charge in [0.15, 0.2) is 6.29 Å². The van der Waals surface area contributed by atoms with Gasteiger partial charge in [0.25, 0.3) is 0 Å². The zero-order valence-electron chi connectivity index (χ0n) is 9.04. The standard InChI is InChI=1S/C10H21NO2/c1-7(2)8-5-11-6-9(8)10(12-3)13-4/h7-11H,5-6H2,1-4H3/t8-,9+/m1/s1. The van der Waals surface area contributed by atoms with Gasteiger partial charge in [0.2, 0.25) is 0 Å². The Morgan fingerprint density at radius 3 is 2.08 bits per heavy atom. The first kappa shape index (κ1) is 11.0. The van der Waals surface area contributed by atoms with E-state index in [1.54, 1.807) is 14.2 Å². The third-order valence-corrected chi connectivity index (χ3v) is 2.98. The maximum atomic E-state index is 5.30. The maximum Gasteiger partial charge on any atom is 0.161 e. The highest BCUT2D eigenvalue weighted by Gasteiger charge is 2.35. The van der Waals surface area contributed by atoms with Gasteiger partial charge in [-0.05, 0) is 18.4 Å². The van der Waals surface area contributed by atoms with Crippen molar-refractivity contribution >= 4 is 0 Å². The summed E-state index contributed by atoms with van der Waals surface area (Å²) in [4.78, 5) is 0. The molecule has 1 saturated heterocycles. The van der Waals surface area contributed by atoms with Crippen molar-refractivity contribution in [1.29, 1.82) is 0 Å². The van der Waals surface area contributed by atoms with Gasteiger partial charge in [-0.3, -0.25) is 0 Å². The lowest BCUT2D eigenvalue weighted by Gasteiger charge is -2.27. The Kier molecular flexibility index (Phi) is 4.16. The molecule has 0 spiro atoms. The average molecular weight is 187 g/mol. The molecule has 3 nitrogen and oxygen atoms in total. The number of hydrogen-bond acceptors (Lipinski definition) is 3. The minimum absolute atomic E-state index is 0.0533. The van der Waals surface area contributed by atoms with Crippen molar-refractivity contribution in [1.82, 2.24) is 5.32 Å². The van der Waals surface area contributed by atoms with Gasteiger partial charge < -0.3 is 14.8 Å². The van der Waals surface area contributed by atoms with Crippen LogP contribution in [0, 0.1) is 17.8 Å². The van der Waals surface area contributed by atoms with Crippen molar-refractivity contribution < 1.29 is 9.47 Å². The van der Waals surface area contributed by atoms with Gasteiger partial charge in [0.05, 0.1) is 0 Å². The Balaban J connectivity index is 2.55. The second-order valence-corrected chi connectivity index (χ2v) is 4.07. The Morgan fingerprint density at radius 1 is 1.08 bits per heavy atom. The molecule has 0 aromatic carbocycles. The first-order valence-corrected chi connectivity index (χ1v) is 4.97. The van der Waals surface area contributed by atoms with Gasteiger partial charge in [0.1, 0.15) is 0 Å². The molecule has 0 radical (unpaired) electrons. The molecular weight excluding hydrogens is 166 g/mol. The molecule has 78 valence electrons. The van der Waals surface area contributed by atoms with E-state index in [1.165, 1.54) is 0 Å². The molecule has 0 bridgehead atoms. The molecule has 1 N–H and O–H groups in total. The second-order valence-electron chi connectivity index (χ2n) is 4.07. The Bertz CT molecular complexity index is 146. The lowest BCUT2D eigenvalue weighted by molar-refractivity contribution is -0.144. The first-order valence-electron chi connectivity index (χ1n) is 4.97. The lowest BCUT2D eigenvalue weighted by atomic mass is 9.86. The zero-order valence-corrected chi connectivity index (χ0v) is 9.04. The minimum Gasteiger partial charge on any atom is -0.356 e. The van der Waals surface area contributed by atoms with E-state index in [2.05, 4.69) is 19.2 Å². The fourth-order valence-corrected chi connectivity index (χ4v) is 2.19. The molecule has 0 saturated carbocycles. The van der Waals surface area contributed by atoms with Gasteiger partial charge in [-0.2, -0.15) is 0 Å². The minimum atomic E-state index is -0.0533. The number of nitrogens with one attached hydrogen (secondary N) is 1. The second kappa shape index (κ2) is 4.94. The summed E-state index contributed by atoms with van der Waals surface area (Å²) >= 11 is 0. The van der Waals surface area contributed by atoms with Crippen LogP contribution in [0.4, 0.5) is 0 Å². The number of hydrogen-bond donors (Lipinski definition) is 1. The third-order valence-electron chi connectivity index (χ3n) is 2.98. The Labute approximate surface area is 80.8 Å². The van der Waals surface area contributed by atoms with Crippen LogP contribution < -0.4 is 5.32 Å². The Hall–Kier alpha value is -0.120. The van der Waals surface area contributed by atoms with Crippen LogP contribution in [0.15, 0.2) is 0 Å². The average Bonchev–Trinajstić information content (AvgIpc) is 2.55. The topological polar surface area (TPSA) is 30.5 Å². The van der Waals surface area contributed by atoms with Crippen LogP contribution in [0.2, 0.25) is 0 Å². The fraction of sp³-hybridized carbons (Fsp3) is 1.00. The Morgan fingerprint density at radius 2 is 1.62 bits per heavy atom. The van der Waals surface area contributed by atoms with Crippen LogP contribution in [-0.4, -0.2) is 33.6 Å². The highest BCUT2D eigenvalue weighted by molar-refractivity contribution is 4.84. The predicted molar refractivity (Wildman–Crippen MR) is 52.5 cm³/mol. The summed E-state index contributed by atoms with van der Waals surface area (Å²) in [5.41, 5.74) is 0. The molecule has 3 heteroatoms. The van der Waals surface area contributed by atoms with E-state index in [0.29, 0.717) is 17.8 Å². The van der Waals surface area contributed by atoms with Gasteiger partial charge in [-0.15, -0.1) is 0 Å². The summed E-state index contributed by atoms with van der Waals surface area (Å²) < 4.78 is 10.6. The molecule has 1 aliphatic heterocycles. The summed E-state index contributed by atoms with van der Waals surface area (Å²) in [5.74, 6) is 1.85. The molecule has 0 aromatic rings. The smallest absolute Gasteiger partial charge is 0.161 e. The van der Waals surface area contributed by atoms with Crippen LogP contribution in [0.5, 0.6) is 0 Å². The molecule has 0 aromatic heterocycles. The number of rotatable bonds is 4. The molecule has 13 heavy (non-hydrogen) atoms. The van der Waals surface area contributed by atoms with E-state index < -0.39 is 0 Å². The van der Waals surface area contributed by atoms with Crippen LogP contribution in [0.3, 0.4) is 0 Å². The van der Waals surface area contributed by atoms with E-state index in [4.69, 9.17) is 9.47 Å². The van der Waals surface area contributed by atoms with Crippen LogP contribution in [0.1, 0.15) is 13.8 Å². The molecule has 1 fully saturated rings. The maximum absolute atomic E-state index is 5.30. The van der Waals surface area contributed by atoms with E-state index in [0.717, 1.165) is 13.1 Å². The molecule has 0 aliphatic carbocycles. The quantitative estimate of drug-likeness (QED) is 0.668. The summed E-state index contributed by atoms with van der Waals surface area (Å²) in [5, 5.41) is 3.39. The van der Waals surface area contributed by atoms with Crippen molar-refractivity contribution in [2.24, 2.45) is 17.8 Å².